The van der Waals surface area contributed by atoms with Gasteiger partial charge in [0, 0.05) is 5.56 Å². The molecule has 1 heterocycles. The number of alkyl halides is 3. The summed E-state index contributed by atoms with van der Waals surface area (Å²) in [5.41, 5.74) is -1.46. The maximum Gasteiger partial charge on any atom is 0.419 e. The summed E-state index contributed by atoms with van der Waals surface area (Å²) in [6, 6.07) is 2.30. The van der Waals surface area contributed by atoms with E-state index >= 15 is 0 Å². The highest BCUT2D eigenvalue weighted by molar-refractivity contribution is 6.28. The summed E-state index contributed by atoms with van der Waals surface area (Å²) in [7, 11) is 0. The van der Waals surface area contributed by atoms with Crippen molar-refractivity contribution in [2.24, 2.45) is 0 Å². The van der Waals surface area contributed by atoms with Crippen molar-refractivity contribution in [3.63, 3.8) is 0 Å². The normalized spacial score (nSPS) is 11.5. The molecule has 112 valence electrons. The van der Waals surface area contributed by atoms with Crippen LogP contribution in [0.5, 0.6) is 6.01 Å². The van der Waals surface area contributed by atoms with E-state index in [0.717, 1.165) is 6.07 Å². The van der Waals surface area contributed by atoms with Crippen LogP contribution >= 0.6 is 11.6 Å². The van der Waals surface area contributed by atoms with Crippen molar-refractivity contribution in [3.8, 4) is 17.4 Å². The van der Waals surface area contributed by atoms with Gasteiger partial charge in [-0.1, -0.05) is 0 Å². The van der Waals surface area contributed by atoms with Crippen LogP contribution in [0.2, 0.25) is 5.28 Å². The first-order valence-corrected chi connectivity index (χ1v) is 6.10. The molecule has 0 atom stereocenters. The zero-order chi connectivity index (χ0) is 15.6. The molecule has 0 radical (unpaired) electrons. The summed E-state index contributed by atoms with van der Waals surface area (Å²) >= 11 is 5.66. The van der Waals surface area contributed by atoms with Gasteiger partial charge in [0.25, 0.3) is 0 Å². The molecule has 1 aromatic heterocycles. The lowest BCUT2D eigenvalue weighted by Gasteiger charge is -2.10. The lowest BCUT2D eigenvalue weighted by Crippen LogP contribution is -2.08. The van der Waals surface area contributed by atoms with E-state index < -0.39 is 17.6 Å². The summed E-state index contributed by atoms with van der Waals surface area (Å²) in [4.78, 5) is 11.2. The van der Waals surface area contributed by atoms with Crippen molar-refractivity contribution in [2.45, 2.75) is 13.1 Å². The first kappa shape index (κ1) is 15.4. The van der Waals surface area contributed by atoms with Crippen LogP contribution in [0.4, 0.5) is 17.6 Å². The maximum atomic E-state index is 13.2. The molecule has 0 fully saturated rings. The quantitative estimate of drug-likeness (QED) is 0.808. The molecule has 0 N–H and O–H groups in total. The smallest absolute Gasteiger partial charge is 0.419 e. The van der Waals surface area contributed by atoms with Gasteiger partial charge < -0.3 is 4.74 Å². The van der Waals surface area contributed by atoms with E-state index in [1.54, 1.807) is 6.92 Å². The number of nitrogens with zero attached hydrogens (tertiary/aromatic N) is 3. The van der Waals surface area contributed by atoms with E-state index in [2.05, 4.69) is 15.0 Å². The van der Waals surface area contributed by atoms with Gasteiger partial charge >= 0.3 is 12.2 Å². The fourth-order valence-corrected chi connectivity index (χ4v) is 1.69. The molecule has 1 aromatic carbocycles. The predicted octanol–water partition coefficient (Wildman–Crippen LogP) is 3.75. The average molecular weight is 322 g/mol. The minimum atomic E-state index is -4.82. The molecule has 0 bridgehead atoms. The number of rotatable bonds is 3. The highest BCUT2D eigenvalue weighted by Crippen LogP contribution is 2.33. The van der Waals surface area contributed by atoms with Gasteiger partial charge in [-0.25, -0.2) is 4.39 Å². The number of aromatic nitrogens is 3. The van der Waals surface area contributed by atoms with E-state index in [1.165, 1.54) is 0 Å². The Morgan fingerprint density at radius 3 is 2.52 bits per heavy atom. The molecular weight excluding hydrogens is 314 g/mol. The third kappa shape index (κ3) is 3.57. The van der Waals surface area contributed by atoms with Gasteiger partial charge in [-0.3, -0.25) is 0 Å². The van der Waals surface area contributed by atoms with Crippen LogP contribution in [0.15, 0.2) is 18.2 Å². The van der Waals surface area contributed by atoms with Gasteiger partial charge in [-0.15, -0.1) is 0 Å². The lowest BCUT2D eigenvalue weighted by atomic mass is 10.1. The summed E-state index contributed by atoms with van der Waals surface area (Å²) < 4.78 is 56.3. The van der Waals surface area contributed by atoms with E-state index in [1.807, 2.05) is 0 Å². The Kier molecular flexibility index (Phi) is 4.26. The van der Waals surface area contributed by atoms with Gasteiger partial charge in [0.15, 0.2) is 5.82 Å². The second kappa shape index (κ2) is 5.80. The molecule has 0 amide bonds. The van der Waals surface area contributed by atoms with Gasteiger partial charge in [-0.05, 0) is 36.7 Å². The molecule has 0 aliphatic rings. The van der Waals surface area contributed by atoms with Crippen LogP contribution < -0.4 is 4.74 Å². The third-order valence-electron chi connectivity index (χ3n) is 2.39. The number of hydrogen-bond acceptors (Lipinski definition) is 4. The Labute approximate surface area is 121 Å². The molecule has 9 heteroatoms. The minimum absolute atomic E-state index is 0.0472. The Morgan fingerprint density at radius 1 is 1.19 bits per heavy atom. The zero-order valence-electron chi connectivity index (χ0n) is 10.6. The second-order valence-electron chi connectivity index (χ2n) is 3.84. The van der Waals surface area contributed by atoms with Crippen LogP contribution in [0.3, 0.4) is 0 Å². The first-order valence-electron chi connectivity index (χ1n) is 5.72. The highest BCUT2D eigenvalue weighted by atomic mass is 35.5. The number of halogens is 5. The topological polar surface area (TPSA) is 47.9 Å². The minimum Gasteiger partial charge on any atom is -0.464 e. The molecule has 0 aliphatic carbocycles. The highest BCUT2D eigenvalue weighted by Gasteiger charge is 2.34. The predicted molar refractivity (Wildman–Crippen MR) is 66.4 cm³/mol. The van der Waals surface area contributed by atoms with Crippen molar-refractivity contribution < 1.29 is 22.3 Å². The van der Waals surface area contributed by atoms with Crippen molar-refractivity contribution in [2.75, 3.05) is 6.61 Å². The third-order valence-corrected chi connectivity index (χ3v) is 2.56. The maximum absolute atomic E-state index is 13.2. The average Bonchev–Trinajstić information content (AvgIpc) is 2.37. The number of ether oxygens (including phenoxy) is 1. The Morgan fingerprint density at radius 2 is 1.90 bits per heavy atom. The molecule has 4 nitrogen and oxygen atoms in total. The molecule has 0 spiro atoms. The molecule has 2 rings (SSSR count). The van der Waals surface area contributed by atoms with Gasteiger partial charge in [-0.2, -0.15) is 28.1 Å². The standard InChI is InChI=1S/C12H8ClF4N3O/c1-2-21-11-19-9(18-10(13)20-11)6-3-4-8(14)7(5-6)12(15,16)17/h3-5H,2H2,1H3. The van der Waals surface area contributed by atoms with E-state index in [4.69, 9.17) is 16.3 Å². The second-order valence-corrected chi connectivity index (χ2v) is 4.17. The van der Waals surface area contributed by atoms with Crippen molar-refractivity contribution in [3.05, 3.63) is 34.9 Å². The molecule has 21 heavy (non-hydrogen) atoms. The van der Waals surface area contributed by atoms with Crippen LogP contribution in [0, 0.1) is 5.82 Å². The van der Waals surface area contributed by atoms with Gasteiger partial charge in [0.2, 0.25) is 5.28 Å². The SMILES string of the molecule is CCOc1nc(Cl)nc(-c2ccc(F)c(C(F)(F)F)c2)n1. The fraction of sp³-hybridized carbons (Fsp3) is 0.250. The summed E-state index contributed by atoms with van der Waals surface area (Å²) in [6.07, 6.45) is -4.82. The Bertz CT molecular complexity index is 663. The van der Waals surface area contributed by atoms with Crippen LogP contribution in [0.1, 0.15) is 12.5 Å². The summed E-state index contributed by atoms with van der Waals surface area (Å²) in [5.74, 6) is -1.51. The summed E-state index contributed by atoms with van der Waals surface area (Å²) in [6.45, 7) is 1.92. The molecule has 0 aliphatic heterocycles. The van der Waals surface area contributed by atoms with Crippen LogP contribution in [-0.4, -0.2) is 21.6 Å². The molecular formula is C12H8ClF4N3O. The van der Waals surface area contributed by atoms with Gasteiger partial charge in [0.1, 0.15) is 5.82 Å². The van der Waals surface area contributed by atoms with Crippen molar-refractivity contribution in [1.29, 1.82) is 0 Å². The number of hydrogen-bond donors (Lipinski definition) is 0. The summed E-state index contributed by atoms with van der Waals surface area (Å²) in [5, 5.41) is -0.235. The molecule has 0 unspecified atom stereocenters. The molecule has 0 saturated heterocycles. The largest absolute Gasteiger partial charge is 0.464 e. The van der Waals surface area contributed by atoms with Crippen LogP contribution in [-0.2, 0) is 6.18 Å². The van der Waals surface area contributed by atoms with Crippen molar-refractivity contribution >= 4 is 11.6 Å². The zero-order valence-corrected chi connectivity index (χ0v) is 11.3. The lowest BCUT2D eigenvalue weighted by molar-refractivity contribution is -0.139. The Balaban J connectivity index is 2.52. The molecule has 0 saturated carbocycles. The van der Waals surface area contributed by atoms with E-state index in [0.29, 0.717) is 12.1 Å². The Hall–Kier alpha value is -1.96. The van der Waals surface area contributed by atoms with Gasteiger partial charge in [0.05, 0.1) is 12.2 Å². The first-order chi connectivity index (χ1) is 9.81. The number of benzene rings is 1. The van der Waals surface area contributed by atoms with E-state index in [9.17, 15) is 17.6 Å². The van der Waals surface area contributed by atoms with E-state index in [-0.39, 0.29) is 29.3 Å². The van der Waals surface area contributed by atoms with Crippen LogP contribution in [0.25, 0.3) is 11.4 Å². The monoisotopic (exact) mass is 321 g/mol. The van der Waals surface area contributed by atoms with Crippen molar-refractivity contribution in [1.82, 2.24) is 15.0 Å². The fourth-order valence-electron chi connectivity index (χ4n) is 1.54. The molecule has 2 aromatic rings.